The fourth-order valence-electron chi connectivity index (χ4n) is 0.173. The van der Waals surface area contributed by atoms with Crippen molar-refractivity contribution in [2.24, 2.45) is 5.73 Å². The van der Waals surface area contributed by atoms with Crippen molar-refractivity contribution >= 4 is 18.3 Å². The predicted molar refractivity (Wildman–Crippen MR) is 47.6 cm³/mol. The van der Waals surface area contributed by atoms with E-state index >= 15 is 0 Å². The molecule has 2 unspecified atom stereocenters. The molecule has 7 heteroatoms. The minimum atomic E-state index is -1.03. The Kier molecular flexibility index (Phi) is 8.49. The Morgan fingerprint density at radius 3 is 1.71 bits per heavy atom. The topological polar surface area (TPSA) is 130 Å². The molecule has 0 aliphatic heterocycles. The first-order valence-electron chi connectivity index (χ1n) is 3.73. The van der Waals surface area contributed by atoms with Crippen LogP contribution in [0.4, 0.5) is 0 Å². The molecule has 1 amide bonds. The van der Waals surface area contributed by atoms with Crippen molar-refractivity contribution < 1.29 is 24.6 Å². The van der Waals surface area contributed by atoms with Crippen LogP contribution in [-0.2, 0) is 14.4 Å². The number of aliphatic carboxylic acids is 2. The van der Waals surface area contributed by atoms with Gasteiger partial charge >= 0.3 is 11.9 Å². The van der Waals surface area contributed by atoms with Crippen LogP contribution in [0.2, 0.25) is 0 Å². The number of hydrogen-bond donors (Lipinski definition) is 4. The third-order valence-electron chi connectivity index (χ3n) is 1.08. The second-order valence-corrected chi connectivity index (χ2v) is 2.47. The highest BCUT2D eigenvalue weighted by Gasteiger charge is 2.06. The van der Waals surface area contributed by atoms with Crippen molar-refractivity contribution in [3.05, 3.63) is 0 Å². The van der Waals surface area contributed by atoms with Crippen molar-refractivity contribution in [3.63, 3.8) is 0 Å². The van der Waals surface area contributed by atoms with Crippen molar-refractivity contribution in [1.82, 2.24) is 5.32 Å². The Morgan fingerprint density at radius 1 is 1.29 bits per heavy atom. The molecule has 7 nitrogen and oxygen atoms in total. The number of carbonyl (C=O) groups is 3. The van der Waals surface area contributed by atoms with Gasteiger partial charge in [0.2, 0.25) is 6.41 Å². The fraction of sp³-hybridized carbons (Fsp3) is 0.571. The third kappa shape index (κ3) is 10.4. The lowest BCUT2D eigenvalue weighted by Crippen LogP contribution is -2.32. The van der Waals surface area contributed by atoms with E-state index in [4.69, 9.17) is 15.9 Å². The molecule has 0 bridgehead atoms. The van der Waals surface area contributed by atoms with Gasteiger partial charge in [-0.15, -0.1) is 0 Å². The van der Waals surface area contributed by atoms with Gasteiger partial charge in [-0.25, -0.2) is 0 Å². The number of nitrogens with one attached hydrogen (secondary N) is 1. The molecule has 0 aliphatic rings. The van der Waals surface area contributed by atoms with Crippen LogP contribution >= 0.6 is 0 Å². The van der Waals surface area contributed by atoms with Crippen molar-refractivity contribution in [1.29, 1.82) is 0 Å². The summed E-state index contributed by atoms with van der Waals surface area (Å²) in [4.78, 5) is 29.0. The van der Waals surface area contributed by atoms with E-state index in [1.54, 1.807) is 0 Å². The van der Waals surface area contributed by atoms with Gasteiger partial charge in [-0.2, -0.15) is 0 Å². The highest BCUT2D eigenvalue weighted by atomic mass is 16.4. The molecule has 0 rings (SSSR count). The first kappa shape index (κ1) is 14.9. The molecule has 0 aliphatic carbocycles. The lowest BCUT2D eigenvalue weighted by Gasteiger charge is -2.00. The van der Waals surface area contributed by atoms with E-state index in [0.29, 0.717) is 6.41 Å². The second-order valence-electron chi connectivity index (χ2n) is 2.47. The van der Waals surface area contributed by atoms with Gasteiger partial charge in [-0.3, -0.25) is 14.4 Å². The van der Waals surface area contributed by atoms with Crippen molar-refractivity contribution in [2.75, 3.05) is 0 Å². The summed E-state index contributed by atoms with van der Waals surface area (Å²) in [5.41, 5.74) is 4.84. The molecule has 0 fully saturated rings. The maximum absolute atomic E-state index is 9.87. The Morgan fingerprint density at radius 2 is 1.64 bits per heavy atom. The van der Waals surface area contributed by atoms with Gasteiger partial charge in [-0.05, 0) is 13.8 Å². The minimum Gasteiger partial charge on any atom is -0.480 e. The highest BCUT2D eigenvalue weighted by molar-refractivity contribution is 5.75. The van der Waals surface area contributed by atoms with Crippen LogP contribution in [0, 0.1) is 0 Å². The largest absolute Gasteiger partial charge is 0.480 e. The number of carbonyl (C=O) groups excluding carboxylic acids is 1. The van der Waals surface area contributed by atoms with Crippen molar-refractivity contribution in [3.8, 4) is 0 Å². The van der Waals surface area contributed by atoms with Gasteiger partial charge in [0.1, 0.15) is 12.1 Å². The molecule has 0 spiro atoms. The Hall–Kier alpha value is -1.63. The molecule has 2 atom stereocenters. The van der Waals surface area contributed by atoms with Crippen molar-refractivity contribution in [2.45, 2.75) is 25.9 Å². The first-order chi connectivity index (χ1) is 6.32. The number of carboxylic acids is 2. The molecule has 0 saturated heterocycles. The number of amides is 1. The standard InChI is InChI=1S/C4H7NO3.C3H7NO2/c1-3(4(7)8)5-2-6;1-2(4)3(5)6/h2-3H,1H3,(H,5,6)(H,7,8);2H,4H2,1H3,(H,5,6). The number of rotatable bonds is 4. The molecule has 0 aromatic rings. The minimum absolute atomic E-state index is 0.360. The zero-order valence-electron chi connectivity index (χ0n) is 7.93. The number of carboxylic acid groups (broad SMARTS) is 2. The van der Waals surface area contributed by atoms with E-state index in [-0.39, 0.29) is 0 Å². The molecule has 5 N–H and O–H groups in total. The summed E-state index contributed by atoms with van der Waals surface area (Å²) in [6.07, 6.45) is 0.360. The molecule has 0 saturated carbocycles. The molecular weight excluding hydrogens is 192 g/mol. The molecule has 0 aromatic carbocycles. The number of nitrogens with two attached hydrogens (primary N) is 1. The summed E-state index contributed by atoms with van der Waals surface area (Å²) in [6, 6.07) is -1.52. The lowest BCUT2D eigenvalue weighted by molar-refractivity contribution is -0.140. The van der Waals surface area contributed by atoms with Crippen LogP contribution in [0.1, 0.15) is 13.8 Å². The van der Waals surface area contributed by atoms with Crippen LogP contribution in [0.15, 0.2) is 0 Å². The fourth-order valence-corrected chi connectivity index (χ4v) is 0.173. The van der Waals surface area contributed by atoms with E-state index in [9.17, 15) is 14.4 Å². The zero-order valence-corrected chi connectivity index (χ0v) is 7.93. The molecule has 0 heterocycles. The Balaban J connectivity index is 0. The maximum atomic E-state index is 9.87. The highest BCUT2D eigenvalue weighted by Crippen LogP contribution is 1.75. The first-order valence-corrected chi connectivity index (χ1v) is 3.73. The Labute approximate surface area is 80.9 Å². The molecule has 14 heavy (non-hydrogen) atoms. The van der Waals surface area contributed by atoms with Crippen LogP contribution in [-0.4, -0.2) is 40.6 Å². The van der Waals surface area contributed by atoms with Gasteiger partial charge in [0.15, 0.2) is 0 Å². The average Bonchev–Trinajstić information content (AvgIpc) is 2.05. The molecule has 82 valence electrons. The SMILES string of the molecule is CC(N)C(=O)O.CC(NC=O)C(=O)O. The lowest BCUT2D eigenvalue weighted by atomic mass is 10.4. The summed E-state index contributed by atoms with van der Waals surface area (Å²) >= 11 is 0. The van der Waals surface area contributed by atoms with Gasteiger partial charge in [0, 0.05) is 0 Å². The quantitative estimate of drug-likeness (QED) is 0.419. The van der Waals surface area contributed by atoms with E-state index in [1.807, 2.05) is 0 Å². The second kappa shape index (κ2) is 7.99. The van der Waals surface area contributed by atoms with Gasteiger partial charge in [-0.1, -0.05) is 0 Å². The van der Waals surface area contributed by atoms with Crippen LogP contribution in [0.3, 0.4) is 0 Å². The van der Waals surface area contributed by atoms with E-state index in [1.165, 1.54) is 13.8 Å². The van der Waals surface area contributed by atoms with Crippen LogP contribution in [0.25, 0.3) is 0 Å². The van der Waals surface area contributed by atoms with Gasteiger partial charge in [0.25, 0.3) is 0 Å². The Bertz CT molecular complexity index is 204. The summed E-state index contributed by atoms with van der Waals surface area (Å²) in [6.45, 7) is 2.80. The zero-order chi connectivity index (χ0) is 11.7. The normalized spacial score (nSPS) is 12.8. The predicted octanol–water partition coefficient (Wildman–Crippen LogP) is -1.38. The maximum Gasteiger partial charge on any atom is 0.325 e. The van der Waals surface area contributed by atoms with E-state index < -0.39 is 24.0 Å². The van der Waals surface area contributed by atoms with Gasteiger partial charge in [0.05, 0.1) is 0 Å². The molecule has 0 radical (unpaired) electrons. The third-order valence-corrected chi connectivity index (χ3v) is 1.08. The van der Waals surface area contributed by atoms with Crippen LogP contribution < -0.4 is 11.1 Å². The molecule has 0 aromatic heterocycles. The monoisotopic (exact) mass is 206 g/mol. The summed E-state index contributed by atoms with van der Waals surface area (Å²) in [7, 11) is 0. The van der Waals surface area contributed by atoms with Crippen LogP contribution in [0.5, 0.6) is 0 Å². The van der Waals surface area contributed by atoms with E-state index in [2.05, 4.69) is 5.32 Å². The van der Waals surface area contributed by atoms with Gasteiger partial charge < -0.3 is 21.3 Å². The van der Waals surface area contributed by atoms with E-state index in [0.717, 1.165) is 0 Å². The average molecular weight is 206 g/mol. The smallest absolute Gasteiger partial charge is 0.325 e. The molecular formula is C7H14N2O5. The summed E-state index contributed by atoms with van der Waals surface area (Å²) < 4.78 is 0. The summed E-state index contributed by atoms with van der Waals surface area (Å²) in [5, 5.41) is 18.0. The number of hydrogen-bond acceptors (Lipinski definition) is 4. The summed E-state index contributed by atoms with van der Waals surface area (Å²) in [5.74, 6) is -1.99.